The summed E-state index contributed by atoms with van der Waals surface area (Å²) < 4.78 is 0. The van der Waals surface area contributed by atoms with Gasteiger partial charge in [0, 0.05) is 5.97 Å². The molecule has 0 saturated heterocycles. The Labute approximate surface area is 91.6 Å². The van der Waals surface area contributed by atoms with E-state index in [9.17, 15) is 0 Å². The Morgan fingerprint density at radius 3 is 1.67 bits per heavy atom. The second kappa shape index (κ2) is 9.90. The van der Waals surface area contributed by atoms with Crippen molar-refractivity contribution in [2.24, 2.45) is 0 Å². The van der Waals surface area contributed by atoms with Gasteiger partial charge in [0.25, 0.3) is 0 Å². The van der Waals surface area contributed by atoms with E-state index in [0.717, 1.165) is 6.92 Å². The molecule has 0 aromatic heterocycles. The largest absolute Gasteiger partial charge is 2.00 e. The molecule has 0 aliphatic heterocycles. The Morgan fingerprint density at radius 1 is 1.67 bits per heavy atom. The van der Waals surface area contributed by atoms with Crippen molar-refractivity contribution in [3.05, 3.63) is 0 Å². The maximum Gasteiger partial charge on any atom is 2.00 e. The number of hydrogen-bond donors (Lipinski definition) is 0. The molecule has 0 aliphatic rings. The van der Waals surface area contributed by atoms with Crippen LogP contribution in [0.4, 0.5) is 0 Å². The molecule has 0 aromatic rings. The number of carbonyl (C=O) groups excluding carboxylic acids is 1. The average Bonchev–Trinajstić information content (AvgIpc) is 0.811. The van der Waals surface area contributed by atoms with Crippen molar-refractivity contribution in [3.8, 4) is 0 Å². The number of hydrogen-bond acceptors (Lipinski definition) is 2. The molecule has 0 atom stereocenters. The van der Waals surface area contributed by atoms with Crippen LogP contribution in [0.3, 0.4) is 0 Å². The van der Waals surface area contributed by atoms with Crippen LogP contribution < -0.4 is 5.11 Å². The SMILES string of the molecule is CC(=O)[O-].[Ba+2].[Ti+2]. The van der Waals surface area contributed by atoms with E-state index in [0.29, 0.717) is 0 Å². The Kier molecular flexibility index (Phi) is 25.8. The topological polar surface area (TPSA) is 40.1 Å². The van der Waals surface area contributed by atoms with Crippen LogP contribution in [0.2, 0.25) is 0 Å². The fraction of sp³-hybridized carbons (Fsp3) is 0.500. The zero-order valence-corrected chi connectivity index (χ0v) is 9.53. The van der Waals surface area contributed by atoms with Crippen molar-refractivity contribution >= 4 is 54.9 Å². The molecule has 0 aliphatic carbocycles. The van der Waals surface area contributed by atoms with Crippen LogP contribution in [0.1, 0.15) is 6.92 Å². The van der Waals surface area contributed by atoms with Gasteiger partial charge in [0.05, 0.1) is 0 Å². The Bertz CT molecular complexity index is 34.5. The van der Waals surface area contributed by atoms with Gasteiger partial charge >= 0.3 is 70.6 Å². The van der Waals surface area contributed by atoms with Crippen molar-refractivity contribution in [2.45, 2.75) is 6.92 Å². The Balaban J connectivity index is -0.0000000450. The summed E-state index contributed by atoms with van der Waals surface area (Å²) >= 11 is 0. The number of aliphatic carboxylic acids is 1. The summed E-state index contributed by atoms with van der Waals surface area (Å²) in [5.74, 6) is -1.08. The fourth-order valence-electron chi connectivity index (χ4n) is 0. The molecule has 0 rings (SSSR count). The predicted molar refractivity (Wildman–Crippen MR) is 16.4 cm³/mol. The van der Waals surface area contributed by atoms with E-state index in [4.69, 9.17) is 9.90 Å². The Morgan fingerprint density at radius 2 is 1.67 bits per heavy atom. The minimum absolute atomic E-state index is 0. The standard InChI is InChI=1S/C2H4O2.Ba.Ti/c1-2(3)4;;/h1H3,(H,3,4);;/q;2*+2/p-1. The van der Waals surface area contributed by atoms with Gasteiger partial charge in [-0.3, -0.25) is 0 Å². The van der Waals surface area contributed by atoms with Gasteiger partial charge in [-0.05, 0) is 6.92 Å². The average molecular weight is 244 g/mol. The summed E-state index contributed by atoms with van der Waals surface area (Å²) in [6, 6.07) is 0. The van der Waals surface area contributed by atoms with Crippen LogP contribution in [0, 0.1) is 0 Å². The molecule has 0 heterocycles. The zero-order valence-electron chi connectivity index (χ0n) is 3.52. The van der Waals surface area contributed by atoms with Crippen LogP contribution in [-0.2, 0) is 26.5 Å². The molecule has 0 saturated carbocycles. The van der Waals surface area contributed by atoms with Gasteiger partial charge in [0.1, 0.15) is 0 Å². The maximum atomic E-state index is 8.89. The molecule has 0 spiro atoms. The molecular formula is C2H3BaO2Ti+3. The molecule has 4 heteroatoms. The molecule has 0 N–H and O–H groups in total. The van der Waals surface area contributed by atoms with Gasteiger partial charge in [-0.1, -0.05) is 0 Å². The van der Waals surface area contributed by atoms with Crippen molar-refractivity contribution in [1.29, 1.82) is 0 Å². The smallest absolute Gasteiger partial charge is 0.550 e. The minimum atomic E-state index is -1.08. The number of rotatable bonds is 0. The van der Waals surface area contributed by atoms with Gasteiger partial charge in [0.15, 0.2) is 0 Å². The van der Waals surface area contributed by atoms with Gasteiger partial charge in [0.2, 0.25) is 0 Å². The van der Waals surface area contributed by atoms with E-state index in [1.807, 2.05) is 0 Å². The second-order valence-electron chi connectivity index (χ2n) is 0.492. The molecule has 0 aromatic carbocycles. The molecule has 6 heavy (non-hydrogen) atoms. The van der Waals surface area contributed by atoms with Gasteiger partial charge in [-0.2, -0.15) is 0 Å². The van der Waals surface area contributed by atoms with E-state index in [1.54, 1.807) is 0 Å². The summed E-state index contributed by atoms with van der Waals surface area (Å²) in [7, 11) is 0. The molecule has 0 bridgehead atoms. The third-order valence-corrected chi connectivity index (χ3v) is 0. The van der Waals surface area contributed by atoms with Crippen LogP contribution >= 0.6 is 0 Å². The summed E-state index contributed by atoms with van der Waals surface area (Å²) in [6.07, 6.45) is 0. The molecule has 0 unspecified atom stereocenters. The van der Waals surface area contributed by atoms with E-state index < -0.39 is 5.97 Å². The van der Waals surface area contributed by atoms with Gasteiger partial charge in [-0.25, -0.2) is 0 Å². The first-order valence-corrected chi connectivity index (χ1v) is 0.908. The maximum absolute atomic E-state index is 8.89. The molecule has 2 nitrogen and oxygen atoms in total. The van der Waals surface area contributed by atoms with Crippen LogP contribution in [0.15, 0.2) is 0 Å². The molecular weight excluding hydrogens is 241 g/mol. The van der Waals surface area contributed by atoms with E-state index in [2.05, 4.69) is 0 Å². The summed E-state index contributed by atoms with van der Waals surface area (Å²) in [5, 5.41) is 8.89. The van der Waals surface area contributed by atoms with Crippen molar-refractivity contribution < 1.29 is 31.6 Å². The summed E-state index contributed by atoms with van der Waals surface area (Å²) in [4.78, 5) is 8.89. The first-order valence-electron chi connectivity index (χ1n) is 0.908. The van der Waals surface area contributed by atoms with Crippen LogP contribution in [0.5, 0.6) is 0 Å². The van der Waals surface area contributed by atoms with Crippen molar-refractivity contribution in [3.63, 3.8) is 0 Å². The molecule has 26 valence electrons. The van der Waals surface area contributed by atoms with E-state index in [-0.39, 0.29) is 70.6 Å². The van der Waals surface area contributed by atoms with Crippen molar-refractivity contribution in [1.82, 2.24) is 0 Å². The number of carbonyl (C=O) groups is 1. The summed E-state index contributed by atoms with van der Waals surface area (Å²) in [5.41, 5.74) is 0. The summed E-state index contributed by atoms with van der Waals surface area (Å²) in [6.45, 7) is 0.972. The van der Waals surface area contributed by atoms with Crippen molar-refractivity contribution in [2.75, 3.05) is 0 Å². The molecule has 0 amide bonds. The molecule has 0 radical (unpaired) electrons. The van der Waals surface area contributed by atoms with Gasteiger partial charge < -0.3 is 9.90 Å². The van der Waals surface area contributed by atoms with Gasteiger partial charge in [-0.15, -0.1) is 0 Å². The first kappa shape index (κ1) is 15.7. The third kappa shape index (κ3) is 42.2. The second-order valence-corrected chi connectivity index (χ2v) is 0.492. The first-order chi connectivity index (χ1) is 1.73. The van der Waals surface area contributed by atoms with Crippen LogP contribution in [-0.4, -0.2) is 54.9 Å². The fourth-order valence-corrected chi connectivity index (χ4v) is 0. The number of carboxylic acid groups (broad SMARTS) is 1. The minimum Gasteiger partial charge on any atom is -0.550 e. The van der Waals surface area contributed by atoms with E-state index >= 15 is 0 Å². The molecule has 0 fully saturated rings. The van der Waals surface area contributed by atoms with E-state index in [1.165, 1.54) is 0 Å². The predicted octanol–water partition coefficient (Wildman–Crippen LogP) is -1.63. The normalized spacial score (nSPS) is 4.17. The monoisotopic (exact) mass is 245 g/mol. The number of carboxylic acids is 1. The third-order valence-electron chi connectivity index (χ3n) is 0. The zero-order chi connectivity index (χ0) is 3.58. The van der Waals surface area contributed by atoms with Crippen LogP contribution in [0.25, 0.3) is 0 Å². The quantitative estimate of drug-likeness (QED) is 0.480. The Hall–Kier alpha value is 1.76.